The fourth-order valence-electron chi connectivity index (χ4n) is 2.69. The van der Waals surface area contributed by atoms with Crippen molar-refractivity contribution in [3.05, 3.63) is 83.4 Å². The van der Waals surface area contributed by atoms with Crippen molar-refractivity contribution in [1.82, 2.24) is 0 Å². The molecule has 0 aliphatic carbocycles. The highest BCUT2D eigenvalue weighted by Crippen LogP contribution is 2.22. The SMILES string of the molecule is OCc1ccc(/C(=N\OCCCCl)c2cccc3ccccc23)cc1. The summed E-state index contributed by atoms with van der Waals surface area (Å²) in [7, 11) is 0. The van der Waals surface area contributed by atoms with Crippen molar-refractivity contribution in [2.24, 2.45) is 5.16 Å². The molecule has 128 valence electrons. The zero-order chi connectivity index (χ0) is 17.5. The number of hydrogen-bond acceptors (Lipinski definition) is 3. The van der Waals surface area contributed by atoms with Crippen LogP contribution >= 0.6 is 11.6 Å². The number of aliphatic hydroxyl groups is 1. The lowest BCUT2D eigenvalue weighted by atomic mass is 9.96. The third-order valence-corrected chi connectivity index (χ3v) is 4.25. The summed E-state index contributed by atoms with van der Waals surface area (Å²) in [5.74, 6) is 0.546. The molecule has 1 N–H and O–H groups in total. The van der Waals surface area contributed by atoms with E-state index < -0.39 is 0 Å². The van der Waals surface area contributed by atoms with Gasteiger partial charge < -0.3 is 9.94 Å². The zero-order valence-corrected chi connectivity index (χ0v) is 14.6. The van der Waals surface area contributed by atoms with Gasteiger partial charge in [0.1, 0.15) is 12.3 Å². The van der Waals surface area contributed by atoms with E-state index in [2.05, 4.69) is 23.4 Å². The lowest BCUT2D eigenvalue weighted by Crippen LogP contribution is -2.06. The number of benzene rings is 3. The molecule has 0 aliphatic rings. The van der Waals surface area contributed by atoms with Gasteiger partial charge in [-0.05, 0) is 22.8 Å². The minimum Gasteiger partial charge on any atom is -0.395 e. The maximum atomic E-state index is 9.26. The van der Waals surface area contributed by atoms with Crippen LogP contribution in [-0.4, -0.2) is 23.3 Å². The molecule has 0 radical (unpaired) electrons. The van der Waals surface area contributed by atoms with Crippen LogP contribution in [0.5, 0.6) is 0 Å². The summed E-state index contributed by atoms with van der Waals surface area (Å²) in [6.07, 6.45) is 0.747. The van der Waals surface area contributed by atoms with E-state index in [4.69, 9.17) is 16.4 Å². The van der Waals surface area contributed by atoms with Crippen molar-refractivity contribution in [3.63, 3.8) is 0 Å². The van der Waals surface area contributed by atoms with Crippen molar-refractivity contribution < 1.29 is 9.94 Å². The lowest BCUT2D eigenvalue weighted by Gasteiger charge is -2.11. The first kappa shape index (κ1) is 17.5. The van der Waals surface area contributed by atoms with E-state index in [-0.39, 0.29) is 6.61 Å². The minimum atomic E-state index is 0.0211. The lowest BCUT2D eigenvalue weighted by molar-refractivity contribution is 0.146. The predicted octanol–water partition coefficient (Wildman–Crippen LogP) is 4.73. The highest BCUT2D eigenvalue weighted by molar-refractivity contribution is 6.19. The molecule has 0 unspecified atom stereocenters. The van der Waals surface area contributed by atoms with E-state index in [0.717, 1.165) is 39.6 Å². The van der Waals surface area contributed by atoms with Gasteiger partial charge in [0, 0.05) is 17.0 Å². The number of alkyl halides is 1. The standard InChI is InChI=1S/C21H20ClNO2/c22-13-4-14-25-23-21(18-11-9-16(15-24)10-12-18)20-8-3-6-17-5-1-2-7-19(17)20/h1-3,5-12,24H,4,13-15H2/b23-21+. The molecular formula is C21H20ClNO2. The number of nitrogens with zero attached hydrogens (tertiary/aromatic N) is 1. The molecule has 0 aromatic heterocycles. The fraction of sp³-hybridized carbons (Fsp3) is 0.190. The van der Waals surface area contributed by atoms with Gasteiger partial charge >= 0.3 is 0 Å². The van der Waals surface area contributed by atoms with Gasteiger partial charge in [-0.15, -0.1) is 11.6 Å². The second-order valence-corrected chi connectivity index (χ2v) is 6.08. The third kappa shape index (κ3) is 4.19. The van der Waals surface area contributed by atoms with Gasteiger partial charge in [-0.1, -0.05) is 71.9 Å². The molecule has 0 saturated heterocycles. The molecule has 4 heteroatoms. The van der Waals surface area contributed by atoms with E-state index in [1.165, 1.54) is 0 Å². The van der Waals surface area contributed by atoms with Crippen LogP contribution in [-0.2, 0) is 11.4 Å². The summed E-state index contributed by atoms with van der Waals surface area (Å²) in [5, 5.41) is 15.9. The molecular weight excluding hydrogens is 334 g/mol. The summed E-state index contributed by atoms with van der Waals surface area (Å²) in [5.41, 5.74) is 3.60. The molecule has 25 heavy (non-hydrogen) atoms. The van der Waals surface area contributed by atoms with Crippen LogP contribution in [0.3, 0.4) is 0 Å². The minimum absolute atomic E-state index is 0.0211. The Morgan fingerprint density at radius 1 is 0.960 bits per heavy atom. The largest absolute Gasteiger partial charge is 0.395 e. The molecule has 0 heterocycles. The van der Waals surface area contributed by atoms with E-state index in [0.29, 0.717) is 12.5 Å². The highest BCUT2D eigenvalue weighted by atomic mass is 35.5. The summed E-state index contributed by atoms with van der Waals surface area (Å²) in [4.78, 5) is 5.50. The van der Waals surface area contributed by atoms with Gasteiger partial charge in [-0.25, -0.2) is 0 Å². The molecule has 3 nitrogen and oxygen atoms in total. The van der Waals surface area contributed by atoms with Crippen LogP contribution in [0.1, 0.15) is 23.1 Å². The first-order valence-corrected chi connectivity index (χ1v) is 8.81. The first-order valence-electron chi connectivity index (χ1n) is 8.27. The Balaban J connectivity index is 2.06. The van der Waals surface area contributed by atoms with Crippen molar-refractivity contribution in [3.8, 4) is 0 Å². The zero-order valence-electron chi connectivity index (χ0n) is 13.9. The Labute approximate surface area is 152 Å². The van der Waals surface area contributed by atoms with E-state index in [1.54, 1.807) is 0 Å². The highest BCUT2D eigenvalue weighted by Gasteiger charge is 2.12. The number of aliphatic hydroxyl groups excluding tert-OH is 1. The monoisotopic (exact) mass is 353 g/mol. The summed E-state index contributed by atoms with van der Waals surface area (Å²) in [6, 6.07) is 22.1. The van der Waals surface area contributed by atoms with E-state index >= 15 is 0 Å². The van der Waals surface area contributed by atoms with Gasteiger partial charge in [0.05, 0.1) is 6.61 Å². The molecule has 0 aliphatic heterocycles. The average Bonchev–Trinajstić information content (AvgIpc) is 2.68. The van der Waals surface area contributed by atoms with Crippen LogP contribution < -0.4 is 0 Å². The van der Waals surface area contributed by atoms with Crippen LogP contribution in [0.15, 0.2) is 71.9 Å². The maximum Gasteiger partial charge on any atom is 0.118 e. The Bertz CT molecular complexity index is 854. The quantitative estimate of drug-likeness (QED) is 0.289. The maximum absolute atomic E-state index is 9.26. The van der Waals surface area contributed by atoms with Crippen LogP contribution in [0.4, 0.5) is 0 Å². The van der Waals surface area contributed by atoms with Crippen molar-refractivity contribution in [2.75, 3.05) is 12.5 Å². The van der Waals surface area contributed by atoms with Crippen LogP contribution in [0.2, 0.25) is 0 Å². The van der Waals surface area contributed by atoms with Crippen molar-refractivity contribution >= 4 is 28.1 Å². The summed E-state index contributed by atoms with van der Waals surface area (Å²) < 4.78 is 0. The number of halogens is 1. The number of rotatable bonds is 7. The Morgan fingerprint density at radius 2 is 1.72 bits per heavy atom. The van der Waals surface area contributed by atoms with Gasteiger partial charge in [0.15, 0.2) is 0 Å². The fourth-order valence-corrected chi connectivity index (χ4v) is 2.80. The average molecular weight is 354 g/mol. The number of oxime groups is 1. The van der Waals surface area contributed by atoms with Gasteiger partial charge in [0.25, 0.3) is 0 Å². The molecule has 0 spiro atoms. The van der Waals surface area contributed by atoms with Crippen molar-refractivity contribution in [1.29, 1.82) is 0 Å². The molecule has 3 aromatic carbocycles. The molecule has 0 fully saturated rings. The summed E-state index contributed by atoms with van der Waals surface area (Å²) >= 11 is 5.71. The number of fused-ring (bicyclic) bond motifs is 1. The van der Waals surface area contributed by atoms with E-state index in [9.17, 15) is 5.11 Å². The van der Waals surface area contributed by atoms with Crippen LogP contribution in [0, 0.1) is 0 Å². The molecule has 0 atom stereocenters. The van der Waals surface area contributed by atoms with Crippen molar-refractivity contribution in [2.45, 2.75) is 13.0 Å². The molecule has 3 aromatic rings. The Kier molecular flexibility index (Phi) is 6.04. The smallest absolute Gasteiger partial charge is 0.118 e. The first-order chi connectivity index (χ1) is 12.3. The molecule has 0 bridgehead atoms. The van der Waals surface area contributed by atoms with Gasteiger partial charge in [-0.2, -0.15) is 0 Å². The Morgan fingerprint density at radius 3 is 2.48 bits per heavy atom. The third-order valence-electron chi connectivity index (χ3n) is 3.98. The van der Waals surface area contributed by atoms with Gasteiger partial charge in [0.2, 0.25) is 0 Å². The van der Waals surface area contributed by atoms with E-state index in [1.807, 2.05) is 48.5 Å². The molecule has 3 rings (SSSR count). The number of hydrogen-bond donors (Lipinski definition) is 1. The summed E-state index contributed by atoms with van der Waals surface area (Å²) in [6.45, 7) is 0.500. The second-order valence-electron chi connectivity index (χ2n) is 5.70. The second kappa shape index (κ2) is 8.65. The van der Waals surface area contributed by atoms with Gasteiger partial charge in [-0.3, -0.25) is 0 Å². The molecule has 0 saturated carbocycles. The van der Waals surface area contributed by atoms with Crippen LogP contribution in [0.25, 0.3) is 10.8 Å². The topological polar surface area (TPSA) is 41.8 Å². The molecule has 0 amide bonds. The normalized spacial score (nSPS) is 11.7. The Hall–Kier alpha value is -2.36. The predicted molar refractivity (Wildman–Crippen MR) is 103 cm³/mol.